The average molecular weight is 339 g/mol. The predicted molar refractivity (Wildman–Crippen MR) is 74.2 cm³/mol. The van der Waals surface area contributed by atoms with Crippen molar-refractivity contribution >= 4 is 21.9 Å². The second-order valence-corrected chi connectivity index (χ2v) is 5.60. The Hall–Kier alpha value is -0.170. The van der Waals surface area contributed by atoms with Crippen molar-refractivity contribution in [2.24, 2.45) is 5.92 Å². The van der Waals surface area contributed by atoms with E-state index in [1.165, 1.54) is 6.92 Å². The molecule has 1 heterocycles. The molecule has 1 aliphatic heterocycles. The smallest absolute Gasteiger partial charge is 0.303 e. The van der Waals surface area contributed by atoms with Gasteiger partial charge in [0.05, 0.1) is 19.3 Å². The van der Waals surface area contributed by atoms with Gasteiger partial charge in [-0.05, 0) is 6.42 Å². The highest BCUT2D eigenvalue weighted by Gasteiger charge is 2.44. The molecular formula is C13H23BrO5. The second-order valence-electron chi connectivity index (χ2n) is 4.70. The van der Waals surface area contributed by atoms with E-state index >= 15 is 0 Å². The molecule has 0 amide bonds. The van der Waals surface area contributed by atoms with Crippen LogP contribution in [-0.2, 0) is 23.7 Å². The fraction of sp³-hybridized carbons (Fsp3) is 0.923. The molecule has 0 saturated carbocycles. The molecule has 112 valence electrons. The van der Waals surface area contributed by atoms with Gasteiger partial charge in [0.25, 0.3) is 0 Å². The number of carbonyl (C=O) groups is 1. The Balaban J connectivity index is 2.74. The van der Waals surface area contributed by atoms with E-state index in [0.29, 0.717) is 13.2 Å². The Labute approximate surface area is 123 Å². The molecule has 1 aliphatic rings. The zero-order valence-electron chi connectivity index (χ0n) is 11.9. The minimum absolute atomic E-state index is 0.0868. The maximum Gasteiger partial charge on any atom is 0.303 e. The largest absolute Gasteiger partial charge is 0.456 e. The van der Waals surface area contributed by atoms with Crippen LogP contribution in [0.15, 0.2) is 0 Å². The van der Waals surface area contributed by atoms with Gasteiger partial charge in [0.15, 0.2) is 11.1 Å². The third-order valence-electron chi connectivity index (χ3n) is 3.29. The topological polar surface area (TPSA) is 54.0 Å². The lowest BCUT2D eigenvalue weighted by atomic mass is 9.90. The number of halogens is 1. The summed E-state index contributed by atoms with van der Waals surface area (Å²) in [5.74, 6) is -0.180. The van der Waals surface area contributed by atoms with Crippen molar-refractivity contribution in [2.45, 2.75) is 50.5 Å². The van der Waals surface area contributed by atoms with E-state index in [9.17, 15) is 4.79 Å². The van der Waals surface area contributed by atoms with E-state index < -0.39 is 6.10 Å². The zero-order valence-corrected chi connectivity index (χ0v) is 13.5. The van der Waals surface area contributed by atoms with Crippen molar-refractivity contribution in [1.82, 2.24) is 0 Å². The molecule has 0 aromatic carbocycles. The van der Waals surface area contributed by atoms with Crippen LogP contribution in [0.3, 0.4) is 0 Å². The zero-order chi connectivity index (χ0) is 14.4. The second kappa shape index (κ2) is 8.19. The summed E-state index contributed by atoms with van der Waals surface area (Å²) in [5.41, 5.74) is 0. The fourth-order valence-electron chi connectivity index (χ4n) is 2.32. The molecule has 0 N–H and O–H groups in total. The molecule has 1 saturated heterocycles. The van der Waals surface area contributed by atoms with E-state index in [2.05, 4.69) is 29.8 Å². The van der Waals surface area contributed by atoms with Crippen molar-refractivity contribution in [1.29, 1.82) is 0 Å². The van der Waals surface area contributed by atoms with Gasteiger partial charge in [-0.1, -0.05) is 29.8 Å². The number of alkyl halides is 1. The summed E-state index contributed by atoms with van der Waals surface area (Å²) in [6, 6.07) is 0. The fourth-order valence-corrected chi connectivity index (χ4v) is 3.01. The summed E-state index contributed by atoms with van der Waals surface area (Å²) < 4.78 is 22.0. The Kier molecular flexibility index (Phi) is 7.28. The average Bonchev–Trinajstić information content (AvgIpc) is 2.36. The number of ether oxygens (including phenoxy) is 4. The molecule has 0 aromatic heterocycles. The summed E-state index contributed by atoms with van der Waals surface area (Å²) in [6.07, 6.45) is 0.346. The van der Waals surface area contributed by atoms with Crippen LogP contribution in [0, 0.1) is 5.92 Å². The minimum atomic E-state index is -0.438. The van der Waals surface area contributed by atoms with Gasteiger partial charge in [-0.15, -0.1) is 0 Å². The first-order valence-corrected chi connectivity index (χ1v) is 7.50. The quantitative estimate of drug-likeness (QED) is 0.421. The molecular weight excluding hydrogens is 316 g/mol. The number of hydrogen-bond donors (Lipinski definition) is 0. The lowest BCUT2D eigenvalue weighted by molar-refractivity contribution is -0.205. The SMILES string of the molecule is CC[C@H]1OC(Br)[C@H](OC(C)=O)[C@H](OCCOC)[C@@H]1C. The predicted octanol–water partition coefficient (Wildman–Crippen LogP) is 2.12. The van der Waals surface area contributed by atoms with E-state index in [-0.39, 0.29) is 29.1 Å². The molecule has 5 atom stereocenters. The maximum atomic E-state index is 11.2. The standard InChI is InChI=1S/C13H23BrO5/c1-5-10-8(2)11(17-7-6-16-4)12(13(14)19-10)18-9(3)15/h8,10-13H,5-7H2,1-4H3/t8-,10-,11-,12-,13?/m1/s1. The maximum absolute atomic E-state index is 11.2. The van der Waals surface area contributed by atoms with Crippen molar-refractivity contribution in [3.8, 4) is 0 Å². The molecule has 6 heteroatoms. The van der Waals surface area contributed by atoms with E-state index in [4.69, 9.17) is 18.9 Å². The monoisotopic (exact) mass is 338 g/mol. The van der Waals surface area contributed by atoms with E-state index in [1.54, 1.807) is 7.11 Å². The van der Waals surface area contributed by atoms with Crippen molar-refractivity contribution in [2.75, 3.05) is 20.3 Å². The van der Waals surface area contributed by atoms with Gasteiger partial charge in [0, 0.05) is 20.0 Å². The first-order chi connectivity index (χ1) is 9.01. The molecule has 1 unspecified atom stereocenters. The van der Waals surface area contributed by atoms with Gasteiger partial charge in [-0.3, -0.25) is 4.79 Å². The van der Waals surface area contributed by atoms with Crippen LogP contribution >= 0.6 is 15.9 Å². The van der Waals surface area contributed by atoms with Crippen LogP contribution in [0.1, 0.15) is 27.2 Å². The highest BCUT2D eigenvalue weighted by atomic mass is 79.9. The first-order valence-electron chi connectivity index (χ1n) is 6.58. The third-order valence-corrected chi connectivity index (χ3v) is 4.03. The van der Waals surface area contributed by atoms with Crippen LogP contribution < -0.4 is 0 Å². The lowest BCUT2D eigenvalue weighted by Gasteiger charge is -2.43. The van der Waals surface area contributed by atoms with Gasteiger partial charge in [-0.2, -0.15) is 0 Å². The van der Waals surface area contributed by atoms with Gasteiger partial charge in [0.1, 0.15) is 6.10 Å². The van der Waals surface area contributed by atoms with Crippen LogP contribution in [0.25, 0.3) is 0 Å². The van der Waals surface area contributed by atoms with Crippen molar-refractivity contribution < 1.29 is 23.7 Å². The Morgan fingerprint density at radius 3 is 2.53 bits per heavy atom. The molecule has 5 nitrogen and oxygen atoms in total. The number of carbonyl (C=O) groups excluding carboxylic acids is 1. The molecule has 19 heavy (non-hydrogen) atoms. The molecule has 0 bridgehead atoms. The summed E-state index contributed by atoms with van der Waals surface area (Å²) in [7, 11) is 1.63. The molecule has 0 spiro atoms. The van der Waals surface area contributed by atoms with Crippen LogP contribution in [0.2, 0.25) is 0 Å². The van der Waals surface area contributed by atoms with Crippen molar-refractivity contribution in [3.63, 3.8) is 0 Å². The summed E-state index contributed by atoms with van der Waals surface area (Å²) in [5, 5.41) is -0.343. The Morgan fingerprint density at radius 1 is 1.32 bits per heavy atom. The van der Waals surface area contributed by atoms with E-state index in [0.717, 1.165) is 6.42 Å². The summed E-state index contributed by atoms with van der Waals surface area (Å²) in [4.78, 5) is 11.2. The van der Waals surface area contributed by atoms with E-state index in [1.807, 2.05) is 0 Å². The van der Waals surface area contributed by atoms with Crippen LogP contribution in [-0.4, -0.2) is 49.6 Å². The minimum Gasteiger partial charge on any atom is -0.456 e. The normalized spacial score (nSPS) is 35.1. The van der Waals surface area contributed by atoms with Gasteiger partial charge >= 0.3 is 5.97 Å². The van der Waals surface area contributed by atoms with Crippen LogP contribution in [0.5, 0.6) is 0 Å². The molecule has 1 rings (SSSR count). The van der Waals surface area contributed by atoms with Crippen LogP contribution in [0.4, 0.5) is 0 Å². The molecule has 0 radical (unpaired) electrons. The Bertz CT molecular complexity index is 286. The number of methoxy groups -OCH3 is 1. The lowest BCUT2D eigenvalue weighted by Crippen LogP contribution is -2.54. The molecule has 0 aliphatic carbocycles. The number of esters is 1. The number of hydrogen-bond acceptors (Lipinski definition) is 5. The summed E-state index contributed by atoms with van der Waals surface area (Å²) in [6.45, 7) is 6.50. The van der Waals surface area contributed by atoms with Crippen molar-refractivity contribution in [3.05, 3.63) is 0 Å². The van der Waals surface area contributed by atoms with Gasteiger partial charge in [0.2, 0.25) is 0 Å². The Morgan fingerprint density at radius 2 is 2.00 bits per heavy atom. The number of rotatable bonds is 6. The molecule has 0 aromatic rings. The highest BCUT2D eigenvalue weighted by Crippen LogP contribution is 2.34. The summed E-state index contributed by atoms with van der Waals surface area (Å²) >= 11 is 3.43. The van der Waals surface area contributed by atoms with Gasteiger partial charge < -0.3 is 18.9 Å². The third kappa shape index (κ3) is 4.70. The highest BCUT2D eigenvalue weighted by molar-refractivity contribution is 9.09. The van der Waals surface area contributed by atoms with Gasteiger partial charge in [-0.25, -0.2) is 0 Å². The first kappa shape index (κ1) is 16.9. The molecule has 1 fully saturated rings.